The Labute approximate surface area is 183 Å². The van der Waals surface area contributed by atoms with Crippen molar-refractivity contribution in [3.63, 3.8) is 0 Å². The standard InChI is InChI=1S/C24H17ClFN3O2/c25-18-9-7-16(8-10-18)24-29(23(28-31-24)22-6-3-13-30-22)15-17-14-27-12-11-19(17)20-4-1-2-5-21(20)26/h1-14,24H,15H2. The lowest BCUT2D eigenvalue weighted by Crippen LogP contribution is -2.31. The van der Waals surface area contributed by atoms with Crippen molar-refractivity contribution in [1.82, 2.24) is 9.88 Å². The molecule has 1 aliphatic rings. The van der Waals surface area contributed by atoms with Crippen LogP contribution in [0.5, 0.6) is 0 Å². The summed E-state index contributed by atoms with van der Waals surface area (Å²) >= 11 is 6.06. The van der Waals surface area contributed by atoms with Crippen LogP contribution in [0.15, 0.2) is 95.0 Å². The number of furan rings is 1. The first-order valence-electron chi connectivity index (χ1n) is 9.68. The van der Waals surface area contributed by atoms with E-state index in [1.165, 1.54) is 6.07 Å². The lowest BCUT2D eigenvalue weighted by Gasteiger charge is -2.26. The van der Waals surface area contributed by atoms with Gasteiger partial charge in [0, 0.05) is 28.5 Å². The Hall–Kier alpha value is -3.64. The summed E-state index contributed by atoms with van der Waals surface area (Å²) < 4.78 is 20.1. The molecule has 0 radical (unpaired) electrons. The molecule has 2 aromatic heterocycles. The minimum absolute atomic E-state index is 0.290. The number of halogens is 2. The molecule has 0 aliphatic carbocycles. The zero-order valence-corrected chi connectivity index (χ0v) is 17.0. The van der Waals surface area contributed by atoms with Crippen molar-refractivity contribution in [2.45, 2.75) is 12.8 Å². The molecule has 1 atom stereocenters. The number of aromatic nitrogens is 1. The fraction of sp³-hybridized carbons (Fsp3) is 0.0833. The van der Waals surface area contributed by atoms with E-state index < -0.39 is 6.23 Å². The number of nitrogens with zero attached hydrogens (tertiary/aromatic N) is 3. The molecule has 0 saturated carbocycles. The summed E-state index contributed by atoms with van der Waals surface area (Å²) in [6.45, 7) is 0.379. The van der Waals surface area contributed by atoms with Gasteiger partial charge in [-0.1, -0.05) is 47.1 Å². The molecule has 0 N–H and O–H groups in total. The number of benzene rings is 2. The van der Waals surface area contributed by atoms with Crippen molar-refractivity contribution in [2.75, 3.05) is 0 Å². The zero-order valence-electron chi connectivity index (χ0n) is 16.3. The van der Waals surface area contributed by atoms with Crippen LogP contribution in [0.3, 0.4) is 0 Å². The second-order valence-electron chi connectivity index (χ2n) is 7.04. The van der Waals surface area contributed by atoms with Gasteiger partial charge < -0.3 is 14.2 Å². The Balaban J connectivity index is 1.55. The molecule has 1 aliphatic heterocycles. The van der Waals surface area contributed by atoms with E-state index in [1.807, 2.05) is 35.2 Å². The van der Waals surface area contributed by atoms with Crippen molar-refractivity contribution >= 4 is 17.4 Å². The van der Waals surface area contributed by atoms with E-state index in [4.69, 9.17) is 20.9 Å². The number of pyridine rings is 1. The predicted molar refractivity (Wildman–Crippen MR) is 116 cm³/mol. The monoisotopic (exact) mass is 433 g/mol. The van der Waals surface area contributed by atoms with E-state index in [1.54, 1.807) is 49.0 Å². The fourth-order valence-electron chi connectivity index (χ4n) is 3.62. The van der Waals surface area contributed by atoms with Gasteiger partial charge in [0.25, 0.3) is 0 Å². The van der Waals surface area contributed by atoms with E-state index in [2.05, 4.69) is 10.1 Å². The Kier molecular flexibility index (Phi) is 5.14. The average Bonchev–Trinajstić information content (AvgIpc) is 3.45. The van der Waals surface area contributed by atoms with Crippen LogP contribution in [0.2, 0.25) is 5.02 Å². The maximum absolute atomic E-state index is 14.5. The van der Waals surface area contributed by atoms with Crippen LogP contribution in [0.1, 0.15) is 23.1 Å². The van der Waals surface area contributed by atoms with Gasteiger partial charge in [-0.3, -0.25) is 4.98 Å². The highest BCUT2D eigenvalue weighted by molar-refractivity contribution is 6.30. The van der Waals surface area contributed by atoms with Gasteiger partial charge in [0.15, 0.2) is 5.76 Å². The SMILES string of the molecule is Fc1ccccc1-c1ccncc1CN1C(c2ccco2)=NOC1c1ccc(Cl)cc1. The summed E-state index contributed by atoms with van der Waals surface area (Å²) in [6, 6.07) is 19.5. The van der Waals surface area contributed by atoms with Gasteiger partial charge >= 0.3 is 0 Å². The largest absolute Gasteiger partial charge is 0.461 e. The van der Waals surface area contributed by atoms with Gasteiger partial charge in [0.1, 0.15) is 5.82 Å². The lowest BCUT2D eigenvalue weighted by molar-refractivity contribution is 0.00576. The molecule has 154 valence electrons. The third kappa shape index (κ3) is 3.78. The molecule has 1 unspecified atom stereocenters. The van der Waals surface area contributed by atoms with Crippen molar-refractivity contribution in [2.24, 2.45) is 5.16 Å². The average molecular weight is 434 g/mol. The van der Waals surface area contributed by atoms with Crippen LogP contribution < -0.4 is 0 Å². The second kappa shape index (κ2) is 8.24. The summed E-state index contributed by atoms with van der Waals surface area (Å²) in [5.41, 5.74) is 2.98. The highest BCUT2D eigenvalue weighted by Crippen LogP contribution is 2.35. The lowest BCUT2D eigenvalue weighted by atomic mass is 10.0. The van der Waals surface area contributed by atoms with Crippen molar-refractivity contribution in [3.8, 4) is 11.1 Å². The van der Waals surface area contributed by atoms with Gasteiger partial charge in [-0.2, -0.15) is 0 Å². The van der Waals surface area contributed by atoms with Crippen molar-refractivity contribution in [3.05, 3.63) is 113 Å². The minimum Gasteiger partial charge on any atom is -0.461 e. The third-order valence-corrected chi connectivity index (χ3v) is 5.35. The van der Waals surface area contributed by atoms with Crippen LogP contribution in [0, 0.1) is 5.82 Å². The van der Waals surface area contributed by atoms with Crippen LogP contribution in [-0.2, 0) is 11.4 Å². The normalized spacial score (nSPS) is 15.6. The molecule has 0 saturated heterocycles. The fourth-order valence-corrected chi connectivity index (χ4v) is 3.74. The van der Waals surface area contributed by atoms with Crippen LogP contribution in [-0.4, -0.2) is 15.7 Å². The quantitative estimate of drug-likeness (QED) is 0.385. The van der Waals surface area contributed by atoms with E-state index in [-0.39, 0.29) is 5.82 Å². The van der Waals surface area contributed by atoms with E-state index >= 15 is 0 Å². The van der Waals surface area contributed by atoms with Gasteiger partial charge in [-0.15, -0.1) is 0 Å². The number of rotatable bonds is 5. The summed E-state index contributed by atoms with van der Waals surface area (Å²) in [6.07, 6.45) is 4.48. The Morgan fingerprint density at radius 3 is 2.58 bits per heavy atom. The Bertz CT molecular complexity index is 1230. The minimum atomic E-state index is -0.494. The molecule has 2 aromatic carbocycles. The zero-order chi connectivity index (χ0) is 21.2. The number of hydrogen-bond donors (Lipinski definition) is 0. The molecule has 0 spiro atoms. The van der Waals surface area contributed by atoms with Crippen molar-refractivity contribution < 1.29 is 13.6 Å². The molecule has 3 heterocycles. The summed E-state index contributed by atoms with van der Waals surface area (Å²) in [5.74, 6) is 0.836. The molecule has 31 heavy (non-hydrogen) atoms. The summed E-state index contributed by atoms with van der Waals surface area (Å²) in [7, 11) is 0. The van der Waals surface area contributed by atoms with Gasteiger partial charge in [0.05, 0.1) is 12.8 Å². The smallest absolute Gasteiger partial charge is 0.227 e. The van der Waals surface area contributed by atoms with E-state index in [0.717, 1.165) is 16.7 Å². The molecule has 5 nitrogen and oxygen atoms in total. The number of hydrogen-bond acceptors (Lipinski definition) is 5. The number of oxime groups is 1. The first-order valence-corrected chi connectivity index (χ1v) is 10.1. The Morgan fingerprint density at radius 2 is 1.81 bits per heavy atom. The second-order valence-corrected chi connectivity index (χ2v) is 7.48. The first-order chi connectivity index (χ1) is 15.2. The molecule has 4 aromatic rings. The first kappa shape index (κ1) is 19.3. The summed E-state index contributed by atoms with van der Waals surface area (Å²) in [4.78, 5) is 12.0. The van der Waals surface area contributed by atoms with E-state index in [9.17, 15) is 4.39 Å². The van der Waals surface area contributed by atoms with Crippen LogP contribution in [0.25, 0.3) is 11.1 Å². The predicted octanol–water partition coefficient (Wildman–Crippen LogP) is 6.03. The molecular weight excluding hydrogens is 417 g/mol. The van der Waals surface area contributed by atoms with Crippen molar-refractivity contribution in [1.29, 1.82) is 0 Å². The highest BCUT2D eigenvalue weighted by atomic mass is 35.5. The van der Waals surface area contributed by atoms with E-state index in [0.29, 0.717) is 28.7 Å². The number of amidine groups is 1. The van der Waals surface area contributed by atoms with Gasteiger partial charge in [-0.25, -0.2) is 4.39 Å². The maximum atomic E-state index is 14.5. The molecule has 7 heteroatoms. The molecule has 5 rings (SSSR count). The van der Waals surface area contributed by atoms with Gasteiger partial charge in [0.2, 0.25) is 12.1 Å². The third-order valence-electron chi connectivity index (χ3n) is 5.10. The van der Waals surface area contributed by atoms with Crippen LogP contribution in [0.4, 0.5) is 4.39 Å². The molecule has 0 amide bonds. The molecular formula is C24H17ClFN3O2. The molecule has 0 fully saturated rings. The van der Waals surface area contributed by atoms with Gasteiger partial charge in [-0.05, 0) is 47.5 Å². The summed E-state index contributed by atoms with van der Waals surface area (Å²) in [5, 5.41) is 4.91. The van der Waals surface area contributed by atoms with Crippen LogP contribution >= 0.6 is 11.6 Å². The topological polar surface area (TPSA) is 50.9 Å². The Morgan fingerprint density at radius 1 is 0.968 bits per heavy atom. The molecule has 0 bridgehead atoms. The highest BCUT2D eigenvalue weighted by Gasteiger charge is 2.34. The maximum Gasteiger partial charge on any atom is 0.227 e.